The van der Waals surface area contributed by atoms with Gasteiger partial charge in [0.05, 0.1) is 6.20 Å². The van der Waals surface area contributed by atoms with E-state index in [4.69, 9.17) is 0 Å². The SMILES string of the molecule is CCCCN(CC)c1cnccn1. The highest BCUT2D eigenvalue weighted by atomic mass is 15.2. The molecule has 0 amide bonds. The Morgan fingerprint density at radius 1 is 1.31 bits per heavy atom. The molecule has 3 heteroatoms. The molecular weight excluding hydrogens is 162 g/mol. The van der Waals surface area contributed by atoms with Crippen molar-refractivity contribution in [2.75, 3.05) is 18.0 Å². The highest BCUT2D eigenvalue weighted by Crippen LogP contribution is 2.07. The Labute approximate surface area is 79.8 Å². The van der Waals surface area contributed by atoms with Gasteiger partial charge in [0.15, 0.2) is 0 Å². The third-order valence-corrected chi connectivity index (χ3v) is 2.04. The van der Waals surface area contributed by atoms with Crippen LogP contribution in [-0.4, -0.2) is 23.1 Å². The van der Waals surface area contributed by atoms with E-state index in [1.165, 1.54) is 12.8 Å². The van der Waals surface area contributed by atoms with E-state index in [9.17, 15) is 0 Å². The Morgan fingerprint density at radius 2 is 2.15 bits per heavy atom. The number of anilines is 1. The standard InChI is InChI=1S/C10H17N3/c1-3-5-8-13(4-2)10-9-11-6-7-12-10/h6-7,9H,3-5,8H2,1-2H3. The molecule has 0 bridgehead atoms. The molecule has 3 nitrogen and oxygen atoms in total. The highest BCUT2D eigenvalue weighted by molar-refractivity contribution is 5.34. The van der Waals surface area contributed by atoms with Crippen LogP contribution in [0.4, 0.5) is 5.82 Å². The number of rotatable bonds is 5. The zero-order valence-corrected chi connectivity index (χ0v) is 8.40. The minimum absolute atomic E-state index is 0.985. The number of nitrogens with zero attached hydrogens (tertiary/aromatic N) is 3. The van der Waals surface area contributed by atoms with Gasteiger partial charge in [-0.05, 0) is 13.3 Å². The van der Waals surface area contributed by atoms with Gasteiger partial charge in [0.1, 0.15) is 5.82 Å². The summed E-state index contributed by atoms with van der Waals surface area (Å²) in [6.45, 7) is 6.42. The first-order valence-electron chi connectivity index (χ1n) is 4.89. The van der Waals surface area contributed by atoms with Gasteiger partial charge < -0.3 is 4.90 Å². The van der Waals surface area contributed by atoms with Crippen molar-refractivity contribution in [3.63, 3.8) is 0 Å². The van der Waals surface area contributed by atoms with Crippen molar-refractivity contribution in [2.45, 2.75) is 26.7 Å². The van der Waals surface area contributed by atoms with Gasteiger partial charge >= 0.3 is 0 Å². The highest BCUT2D eigenvalue weighted by Gasteiger charge is 2.03. The average Bonchev–Trinajstić information content (AvgIpc) is 2.21. The summed E-state index contributed by atoms with van der Waals surface area (Å²) in [5.74, 6) is 0.985. The Hall–Kier alpha value is -1.12. The molecule has 72 valence electrons. The first kappa shape index (κ1) is 9.96. The van der Waals surface area contributed by atoms with E-state index in [0.717, 1.165) is 18.9 Å². The minimum Gasteiger partial charge on any atom is -0.356 e. The van der Waals surface area contributed by atoms with Crippen LogP contribution < -0.4 is 4.90 Å². The van der Waals surface area contributed by atoms with Crippen LogP contribution in [0.1, 0.15) is 26.7 Å². The molecule has 0 aliphatic rings. The van der Waals surface area contributed by atoms with Crippen molar-refractivity contribution < 1.29 is 0 Å². The molecule has 0 unspecified atom stereocenters. The van der Waals surface area contributed by atoms with E-state index in [1.54, 1.807) is 12.4 Å². The van der Waals surface area contributed by atoms with Crippen LogP contribution in [0.5, 0.6) is 0 Å². The van der Waals surface area contributed by atoms with Crippen molar-refractivity contribution in [2.24, 2.45) is 0 Å². The third kappa shape index (κ3) is 3.01. The van der Waals surface area contributed by atoms with Crippen LogP contribution in [0, 0.1) is 0 Å². The quantitative estimate of drug-likeness (QED) is 0.693. The van der Waals surface area contributed by atoms with E-state index in [2.05, 4.69) is 28.7 Å². The van der Waals surface area contributed by atoms with Crippen LogP contribution in [-0.2, 0) is 0 Å². The largest absolute Gasteiger partial charge is 0.356 e. The number of aromatic nitrogens is 2. The molecule has 13 heavy (non-hydrogen) atoms. The van der Waals surface area contributed by atoms with Gasteiger partial charge in [-0.1, -0.05) is 13.3 Å². The molecule has 0 saturated carbocycles. The van der Waals surface area contributed by atoms with Crippen molar-refractivity contribution in [1.82, 2.24) is 9.97 Å². The Bertz CT molecular complexity index is 223. The molecule has 1 rings (SSSR count). The van der Waals surface area contributed by atoms with Crippen LogP contribution >= 0.6 is 0 Å². The molecular formula is C10H17N3. The summed E-state index contributed by atoms with van der Waals surface area (Å²) in [6.07, 6.45) is 7.70. The fraction of sp³-hybridized carbons (Fsp3) is 0.600. The molecule has 0 radical (unpaired) electrons. The van der Waals surface area contributed by atoms with E-state index in [0.29, 0.717) is 0 Å². The van der Waals surface area contributed by atoms with Crippen LogP contribution in [0.25, 0.3) is 0 Å². The maximum Gasteiger partial charge on any atom is 0.147 e. The number of unbranched alkanes of at least 4 members (excludes halogenated alkanes) is 1. The van der Waals surface area contributed by atoms with Crippen molar-refractivity contribution >= 4 is 5.82 Å². The molecule has 0 atom stereocenters. The normalized spacial score (nSPS) is 10.0. The fourth-order valence-corrected chi connectivity index (χ4v) is 1.24. The van der Waals surface area contributed by atoms with Gasteiger partial charge in [0.2, 0.25) is 0 Å². The smallest absolute Gasteiger partial charge is 0.147 e. The van der Waals surface area contributed by atoms with Gasteiger partial charge in [-0.2, -0.15) is 0 Å². The Morgan fingerprint density at radius 3 is 2.69 bits per heavy atom. The van der Waals surface area contributed by atoms with Crippen LogP contribution in [0.2, 0.25) is 0 Å². The van der Waals surface area contributed by atoms with Gasteiger partial charge in [-0.25, -0.2) is 4.98 Å². The van der Waals surface area contributed by atoms with Gasteiger partial charge in [-0.3, -0.25) is 4.98 Å². The van der Waals surface area contributed by atoms with Crippen molar-refractivity contribution in [3.05, 3.63) is 18.6 Å². The summed E-state index contributed by atoms with van der Waals surface area (Å²) in [5.41, 5.74) is 0. The van der Waals surface area contributed by atoms with Gasteiger partial charge in [-0.15, -0.1) is 0 Å². The van der Waals surface area contributed by atoms with Crippen molar-refractivity contribution in [1.29, 1.82) is 0 Å². The summed E-state index contributed by atoms with van der Waals surface area (Å²) in [7, 11) is 0. The summed E-state index contributed by atoms with van der Waals surface area (Å²) in [4.78, 5) is 10.6. The van der Waals surface area contributed by atoms with E-state index in [-0.39, 0.29) is 0 Å². The summed E-state index contributed by atoms with van der Waals surface area (Å²) in [6, 6.07) is 0. The maximum atomic E-state index is 4.27. The molecule has 1 aromatic rings. The summed E-state index contributed by atoms with van der Waals surface area (Å²) < 4.78 is 0. The topological polar surface area (TPSA) is 29.0 Å². The minimum atomic E-state index is 0.985. The molecule has 0 fully saturated rings. The molecule has 0 aliphatic carbocycles. The lowest BCUT2D eigenvalue weighted by atomic mass is 10.3. The second kappa shape index (κ2) is 5.51. The molecule has 0 aliphatic heterocycles. The first-order valence-corrected chi connectivity index (χ1v) is 4.89. The predicted molar refractivity (Wildman–Crippen MR) is 54.8 cm³/mol. The van der Waals surface area contributed by atoms with E-state index < -0.39 is 0 Å². The molecule has 1 heterocycles. The fourth-order valence-electron chi connectivity index (χ4n) is 1.24. The molecule has 1 aromatic heterocycles. The molecule has 0 spiro atoms. The second-order valence-corrected chi connectivity index (χ2v) is 3.00. The number of hydrogen-bond acceptors (Lipinski definition) is 3. The molecule has 0 N–H and O–H groups in total. The maximum absolute atomic E-state index is 4.27. The lowest BCUT2D eigenvalue weighted by Gasteiger charge is -2.20. The molecule has 0 aromatic carbocycles. The zero-order chi connectivity index (χ0) is 9.52. The summed E-state index contributed by atoms with van der Waals surface area (Å²) >= 11 is 0. The van der Waals surface area contributed by atoms with Crippen molar-refractivity contribution in [3.8, 4) is 0 Å². The van der Waals surface area contributed by atoms with E-state index >= 15 is 0 Å². The predicted octanol–water partition coefficient (Wildman–Crippen LogP) is 2.10. The van der Waals surface area contributed by atoms with E-state index in [1.807, 2.05) is 6.20 Å². The first-order chi connectivity index (χ1) is 6.38. The monoisotopic (exact) mass is 179 g/mol. The van der Waals surface area contributed by atoms with Crippen LogP contribution in [0.15, 0.2) is 18.6 Å². The third-order valence-electron chi connectivity index (χ3n) is 2.04. The van der Waals surface area contributed by atoms with Gasteiger partial charge in [0, 0.05) is 25.5 Å². The second-order valence-electron chi connectivity index (χ2n) is 3.00. The Balaban J connectivity index is 2.56. The van der Waals surface area contributed by atoms with Gasteiger partial charge in [0.25, 0.3) is 0 Å². The number of hydrogen-bond donors (Lipinski definition) is 0. The zero-order valence-electron chi connectivity index (χ0n) is 8.40. The lowest BCUT2D eigenvalue weighted by molar-refractivity contribution is 0.722. The van der Waals surface area contributed by atoms with Crippen LogP contribution in [0.3, 0.4) is 0 Å². The molecule has 0 saturated heterocycles. The lowest BCUT2D eigenvalue weighted by Crippen LogP contribution is -2.24. The Kier molecular flexibility index (Phi) is 4.23. The summed E-state index contributed by atoms with van der Waals surface area (Å²) in [5, 5.41) is 0. The average molecular weight is 179 g/mol.